The van der Waals surface area contributed by atoms with Crippen molar-refractivity contribution in [1.82, 2.24) is 24.5 Å². The van der Waals surface area contributed by atoms with Crippen molar-refractivity contribution in [2.75, 3.05) is 0 Å². The molecule has 11 heteroatoms. The van der Waals surface area contributed by atoms with E-state index in [1.807, 2.05) is 37.0 Å². The Hall–Kier alpha value is -3.60. The lowest BCUT2D eigenvalue weighted by Crippen LogP contribution is -2.47. The SMILES string of the molecule is CC1CC(c2cc(-c3cnc4c(C(F)(F)F)c(F)c(CNC5(C)CCC5)cn4c3=O)ccc2-n2c[n+](C)cn2)C1. The summed E-state index contributed by atoms with van der Waals surface area (Å²) in [5.74, 6) is -0.555. The average molecular weight is 556 g/mol. The second kappa shape index (κ2) is 9.50. The first-order valence-corrected chi connectivity index (χ1v) is 13.5. The number of benzene rings is 1. The fourth-order valence-corrected chi connectivity index (χ4v) is 5.92. The highest BCUT2D eigenvalue weighted by Gasteiger charge is 2.40. The highest BCUT2D eigenvalue weighted by Crippen LogP contribution is 2.44. The molecular formula is C29H31F4N6O+. The van der Waals surface area contributed by atoms with Gasteiger partial charge in [-0.1, -0.05) is 17.7 Å². The van der Waals surface area contributed by atoms with E-state index >= 15 is 4.39 Å². The second-order valence-electron chi connectivity index (χ2n) is 11.7. The van der Waals surface area contributed by atoms with Gasteiger partial charge in [0, 0.05) is 35.1 Å². The third kappa shape index (κ3) is 4.59. The smallest absolute Gasteiger partial charge is 0.307 e. The van der Waals surface area contributed by atoms with Crippen molar-refractivity contribution >= 4 is 5.65 Å². The number of hydrogen-bond donors (Lipinski definition) is 1. The summed E-state index contributed by atoms with van der Waals surface area (Å²) in [5, 5.41) is 7.58. The Kier molecular flexibility index (Phi) is 6.32. The number of nitrogens with one attached hydrogen (secondary N) is 1. The molecule has 0 bridgehead atoms. The van der Waals surface area contributed by atoms with Crippen molar-refractivity contribution in [3.8, 4) is 16.8 Å². The predicted molar refractivity (Wildman–Crippen MR) is 140 cm³/mol. The van der Waals surface area contributed by atoms with Gasteiger partial charge < -0.3 is 5.32 Å². The van der Waals surface area contributed by atoms with Crippen molar-refractivity contribution in [3.63, 3.8) is 0 Å². The fourth-order valence-electron chi connectivity index (χ4n) is 5.92. The molecule has 4 aromatic rings. The van der Waals surface area contributed by atoms with Crippen molar-refractivity contribution in [2.24, 2.45) is 13.0 Å². The first-order chi connectivity index (χ1) is 18.9. The van der Waals surface area contributed by atoms with Gasteiger partial charge in [0.05, 0.1) is 12.6 Å². The molecule has 0 unspecified atom stereocenters. The fraction of sp³-hybridized carbons (Fsp3) is 0.448. The van der Waals surface area contributed by atoms with Gasteiger partial charge in [0.2, 0.25) is 6.33 Å². The Bertz CT molecular complexity index is 1660. The van der Waals surface area contributed by atoms with E-state index in [2.05, 4.69) is 22.3 Å². The maximum atomic E-state index is 15.3. The molecule has 0 saturated heterocycles. The Balaban J connectivity index is 1.48. The van der Waals surface area contributed by atoms with Gasteiger partial charge in [-0.25, -0.2) is 13.9 Å². The largest absolute Gasteiger partial charge is 0.422 e. The number of alkyl halides is 3. The van der Waals surface area contributed by atoms with Crippen LogP contribution in [0.5, 0.6) is 0 Å². The molecule has 1 aromatic carbocycles. The molecule has 2 aliphatic rings. The van der Waals surface area contributed by atoms with Crippen molar-refractivity contribution in [1.29, 1.82) is 0 Å². The van der Waals surface area contributed by atoms with E-state index in [-0.39, 0.29) is 29.1 Å². The zero-order chi connectivity index (χ0) is 28.4. The summed E-state index contributed by atoms with van der Waals surface area (Å²) in [6, 6.07) is 5.53. The number of fused-ring (bicyclic) bond motifs is 1. The Morgan fingerprint density at radius 2 is 1.98 bits per heavy atom. The molecule has 0 radical (unpaired) electrons. The number of aromatic nitrogens is 5. The molecule has 7 nitrogen and oxygen atoms in total. The summed E-state index contributed by atoms with van der Waals surface area (Å²) in [4.78, 5) is 17.7. The van der Waals surface area contributed by atoms with Gasteiger partial charge in [0.25, 0.3) is 11.9 Å². The molecule has 3 aromatic heterocycles. The van der Waals surface area contributed by atoms with Gasteiger partial charge >= 0.3 is 6.18 Å². The van der Waals surface area contributed by atoms with Crippen LogP contribution in [0.1, 0.15) is 68.6 Å². The van der Waals surface area contributed by atoms with Crippen LogP contribution in [0.3, 0.4) is 0 Å². The predicted octanol–water partition coefficient (Wildman–Crippen LogP) is 5.08. The van der Waals surface area contributed by atoms with Crippen LogP contribution in [-0.2, 0) is 19.8 Å². The van der Waals surface area contributed by atoms with E-state index < -0.39 is 28.8 Å². The Morgan fingerprint density at radius 1 is 1.23 bits per heavy atom. The van der Waals surface area contributed by atoms with Gasteiger partial charge in [-0.2, -0.15) is 13.2 Å². The minimum Gasteiger partial charge on any atom is -0.307 e. The lowest BCUT2D eigenvalue weighted by Gasteiger charge is -2.39. The summed E-state index contributed by atoms with van der Waals surface area (Å²) in [6.45, 7) is 4.01. The summed E-state index contributed by atoms with van der Waals surface area (Å²) in [5.41, 5.74) is -0.848. The maximum absolute atomic E-state index is 15.3. The monoisotopic (exact) mass is 555 g/mol. The van der Waals surface area contributed by atoms with Gasteiger partial charge in [0.15, 0.2) is 5.65 Å². The normalized spacial score (nSPS) is 20.4. The number of hydrogen-bond acceptors (Lipinski definition) is 4. The van der Waals surface area contributed by atoms with E-state index in [0.29, 0.717) is 11.5 Å². The van der Waals surface area contributed by atoms with Crippen LogP contribution < -0.4 is 15.4 Å². The second-order valence-corrected chi connectivity index (χ2v) is 11.7. The Labute approximate surface area is 228 Å². The first-order valence-electron chi connectivity index (χ1n) is 13.5. The standard InChI is InChI=1S/C29H31F4N6O/c1-17-9-19(10-17)21-11-18(5-6-23(21)39-16-37(3)15-36-39)22-13-34-26-24(29(31,32)33)25(30)20(14-38(26)27(22)40)12-35-28(2)7-4-8-28/h5-6,11,13-17,19,35H,4,7-10,12H2,1-3H3/q+1. The van der Waals surface area contributed by atoms with Gasteiger partial charge in [-0.3, -0.25) is 9.20 Å². The van der Waals surface area contributed by atoms with Crippen LogP contribution in [0.25, 0.3) is 22.5 Å². The molecule has 0 amide bonds. The maximum Gasteiger partial charge on any atom is 0.422 e. The quantitative estimate of drug-likeness (QED) is 0.266. The third-order valence-corrected chi connectivity index (χ3v) is 8.50. The first kappa shape index (κ1) is 26.6. The van der Waals surface area contributed by atoms with Crippen LogP contribution in [0.15, 0.2) is 48.0 Å². The lowest BCUT2D eigenvalue weighted by molar-refractivity contribution is -0.672. The van der Waals surface area contributed by atoms with Crippen molar-refractivity contribution < 1.29 is 22.1 Å². The van der Waals surface area contributed by atoms with Crippen LogP contribution >= 0.6 is 0 Å². The molecule has 6 rings (SSSR count). The highest BCUT2D eigenvalue weighted by atomic mass is 19.4. The molecule has 1 N–H and O–H groups in total. The van der Waals surface area contributed by atoms with Crippen molar-refractivity contribution in [3.05, 3.63) is 76.1 Å². The molecule has 0 spiro atoms. The minimum atomic E-state index is -5.03. The van der Waals surface area contributed by atoms with Crippen LogP contribution in [-0.4, -0.2) is 24.7 Å². The summed E-state index contributed by atoms with van der Waals surface area (Å²) in [7, 11) is 1.87. The number of rotatable bonds is 6. The van der Waals surface area contributed by atoms with Gasteiger partial charge in [0.1, 0.15) is 17.1 Å². The van der Waals surface area contributed by atoms with Crippen LogP contribution in [0.4, 0.5) is 17.6 Å². The molecule has 2 fully saturated rings. The van der Waals surface area contributed by atoms with E-state index in [1.54, 1.807) is 17.1 Å². The van der Waals surface area contributed by atoms with Gasteiger partial charge in [-0.15, -0.1) is 0 Å². The van der Waals surface area contributed by atoms with Gasteiger partial charge in [-0.05, 0) is 74.1 Å². The molecule has 3 heterocycles. The minimum absolute atomic E-state index is 0.127. The topological polar surface area (TPSA) is 68.1 Å². The van der Waals surface area contributed by atoms with Crippen LogP contribution in [0, 0.1) is 11.7 Å². The van der Waals surface area contributed by atoms with Crippen LogP contribution in [0.2, 0.25) is 0 Å². The van der Waals surface area contributed by atoms with Crippen molar-refractivity contribution in [2.45, 2.75) is 70.1 Å². The highest BCUT2D eigenvalue weighted by molar-refractivity contribution is 5.67. The molecular weight excluding hydrogens is 524 g/mol. The number of pyridine rings is 1. The zero-order valence-corrected chi connectivity index (χ0v) is 22.6. The van der Waals surface area contributed by atoms with E-state index in [0.717, 1.165) is 60.1 Å². The molecule has 0 atom stereocenters. The molecule has 210 valence electrons. The number of aryl methyl sites for hydroxylation is 1. The number of nitrogens with zero attached hydrogens (tertiary/aromatic N) is 5. The molecule has 2 saturated carbocycles. The Morgan fingerprint density at radius 3 is 2.58 bits per heavy atom. The lowest BCUT2D eigenvalue weighted by atomic mass is 9.71. The third-order valence-electron chi connectivity index (χ3n) is 8.50. The molecule has 2 aliphatic carbocycles. The summed E-state index contributed by atoms with van der Waals surface area (Å²) >= 11 is 0. The summed E-state index contributed by atoms with van der Waals surface area (Å²) < 4.78 is 61.9. The zero-order valence-electron chi connectivity index (χ0n) is 22.6. The number of halogens is 4. The summed E-state index contributed by atoms with van der Waals surface area (Å²) in [6.07, 6.45) is 5.48. The van der Waals surface area contributed by atoms with E-state index in [4.69, 9.17) is 0 Å². The van der Waals surface area contributed by atoms with E-state index in [1.165, 1.54) is 0 Å². The molecule has 0 aliphatic heterocycles. The average Bonchev–Trinajstić information content (AvgIpc) is 3.29. The molecule has 40 heavy (non-hydrogen) atoms. The van der Waals surface area contributed by atoms with E-state index in [9.17, 15) is 18.0 Å².